The van der Waals surface area contributed by atoms with E-state index < -0.39 is 0 Å². The number of halogens is 1. The highest BCUT2D eigenvalue weighted by molar-refractivity contribution is 9.09. The lowest BCUT2D eigenvalue weighted by atomic mass is 10.00. The average Bonchev–Trinajstić information content (AvgIpc) is 2.34. The molecule has 0 fully saturated rings. The summed E-state index contributed by atoms with van der Waals surface area (Å²) in [5, 5.41) is 1.01. The number of rotatable bonds is 7. The van der Waals surface area contributed by atoms with E-state index in [-0.39, 0.29) is 5.78 Å². The number of Topliss-reactive ketones (excluding diaryl/α,β-unsaturated/α-hetero) is 1. The van der Waals surface area contributed by atoms with Gasteiger partial charge in [-0.05, 0) is 18.4 Å². The maximum atomic E-state index is 11.9. The zero-order chi connectivity index (χ0) is 11.8. The summed E-state index contributed by atoms with van der Waals surface area (Å²) in [4.78, 5) is 11.9. The van der Waals surface area contributed by atoms with E-state index >= 15 is 0 Å². The molecular weight excluding hydrogens is 266 g/mol. The summed E-state index contributed by atoms with van der Waals surface area (Å²) in [5.41, 5.74) is 7.35. The monoisotopic (exact) mass is 283 g/mol. The van der Waals surface area contributed by atoms with Crippen LogP contribution in [0.5, 0.6) is 0 Å². The van der Waals surface area contributed by atoms with Gasteiger partial charge in [0.1, 0.15) is 0 Å². The quantitative estimate of drug-likeness (QED) is 0.474. The molecule has 0 saturated heterocycles. The Morgan fingerprint density at radius 3 is 2.62 bits per heavy atom. The van der Waals surface area contributed by atoms with Crippen LogP contribution in [0.2, 0.25) is 0 Å². The van der Waals surface area contributed by atoms with E-state index in [1.807, 2.05) is 24.3 Å². The molecule has 0 saturated carbocycles. The second-order valence-electron chi connectivity index (χ2n) is 3.78. The highest BCUT2D eigenvalue weighted by Gasteiger charge is 2.08. The lowest BCUT2D eigenvalue weighted by Crippen LogP contribution is -2.07. The van der Waals surface area contributed by atoms with E-state index in [1.165, 1.54) is 0 Å². The molecule has 0 aliphatic heterocycles. The summed E-state index contributed by atoms with van der Waals surface area (Å²) in [6.45, 7) is 0.434. The van der Waals surface area contributed by atoms with Crippen LogP contribution in [-0.2, 0) is 6.54 Å². The van der Waals surface area contributed by atoms with Gasteiger partial charge in [0.25, 0.3) is 0 Å². The van der Waals surface area contributed by atoms with Crippen LogP contribution in [0.25, 0.3) is 0 Å². The van der Waals surface area contributed by atoms with Gasteiger partial charge < -0.3 is 5.73 Å². The first-order valence-electron chi connectivity index (χ1n) is 5.66. The van der Waals surface area contributed by atoms with Crippen LogP contribution in [0.1, 0.15) is 41.6 Å². The first-order chi connectivity index (χ1) is 7.79. The van der Waals surface area contributed by atoms with E-state index in [2.05, 4.69) is 15.9 Å². The second-order valence-corrected chi connectivity index (χ2v) is 4.58. The number of ketones is 1. The van der Waals surface area contributed by atoms with Gasteiger partial charge in [-0.25, -0.2) is 0 Å². The molecule has 2 N–H and O–H groups in total. The number of alkyl halides is 1. The van der Waals surface area contributed by atoms with E-state index in [0.717, 1.165) is 35.7 Å². The number of unbranched alkanes of at least 4 members (excludes halogenated alkanes) is 2. The van der Waals surface area contributed by atoms with Crippen molar-refractivity contribution in [2.45, 2.75) is 32.2 Å². The molecule has 88 valence electrons. The third-order valence-electron chi connectivity index (χ3n) is 2.58. The minimum absolute atomic E-state index is 0.218. The van der Waals surface area contributed by atoms with Gasteiger partial charge >= 0.3 is 0 Å². The van der Waals surface area contributed by atoms with Crippen molar-refractivity contribution in [1.82, 2.24) is 0 Å². The van der Waals surface area contributed by atoms with Gasteiger partial charge in [0.15, 0.2) is 5.78 Å². The maximum Gasteiger partial charge on any atom is 0.163 e. The molecule has 0 amide bonds. The van der Waals surface area contributed by atoms with Crippen molar-refractivity contribution in [2.75, 3.05) is 5.33 Å². The molecule has 0 radical (unpaired) electrons. The zero-order valence-corrected chi connectivity index (χ0v) is 11.0. The van der Waals surface area contributed by atoms with E-state index in [9.17, 15) is 4.79 Å². The van der Waals surface area contributed by atoms with Crippen LogP contribution in [0, 0.1) is 0 Å². The smallest absolute Gasteiger partial charge is 0.163 e. The summed E-state index contributed by atoms with van der Waals surface area (Å²) in [6, 6.07) is 7.61. The Hall–Kier alpha value is -0.670. The molecule has 0 atom stereocenters. The number of hydrogen-bond acceptors (Lipinski definition) is 2. The first kappa shape index (κ1) is 13.4. The Labute approximate surface area is 105 Å². The fourth-order valence-corrected chi connectivity index (χ4v) is 2.06. The fraction of sp³-hybridized carbons (Fsp3) is 0.462. The number of hydrogen-bond donors (Lipinski definition) is 1. The number of nitrogens with two attached hydrogens (primary N) is 1. The van der Waals surface area contributed by atoms with Gasteiger partial charge in [-0.3, -0.25) is 4.79 Å². The Bertz CT molecular complexity index is 338. The molecule has 1 aromatic rings. The van der Waals surface area contributed by atoms with Gasteiger partial charge in [-0.2, -0.15) is 0 Å². The molecule has 0 heterocycles. The maximum absolute atomic E-state index is 11.9. The molecule has 0 aliphatic rings. The largest absolute Gasteiger partial charge is 0.326 e. The number of benzene rings is 1. The molecular formula is C13H18BrNO. The molecule has 2 nitrogen and oxygen atoms in total. The highest BCUT2D eigenvalue weighted by Crippen LogP contribution is 2.13. The highest BCUT2D eigenvalue weighted by atomic mass is 79.9. The standard InChI is InChI=1S/C13H18BrNO/c14-9-5-1-2-8-13(16)12-7-4-3-6-11(12)10-15/h3-4,6-7H,1-2,5,8-10,15H2. The molecule has 0 aliphatic carbocycles. The van der Waals surface area contributed by atoms with Crippen molar-refractivity contribution in [3.8, 4) is 0 Å². The molecule has 1 aromatic carbocycles. The summed E-state index contributed by atoms with van der Waals surface area (Å²) >= 11 is 3.38. The SMILES string of the molecule is NCc1ccccc1C(=O)CCCCCBr. The zero-order valence-electron chi connectivity index (χ0n) is 9.42. The Balaban J connectivity index is 2.52. The van der Waals surface area contributed by atoms with Crippen LogP contribution >= 0.6 is 15.9 Å². The van der Waals surface area contributed by atoms with Crippen molar-refractivity contribution >= 4 is 21.7 Å². The van der Waals surface area contributed by atoms with Crippen LogP contribution in [-0.4, -0.2) is 11.1 Å². The van der Waals surface area contributed by atoms with E-state index in [4.69, 9.17) is 5.73 Å². The van der Waals surface area contributed by atoms with Crippen molar-refractivity contribution < 1.29 is 4.79 Å². The van der Waals surface area contributed by atoms with Gasteiger partial charge in [0.2, 0.25) is 0 Å². The summed E-state index contributed by atoms with van der Waals surface area (Å²) in [6.07, 6.45) is 3.82. The Morgan fingerprint density at radius 2 is 1.94 bits per heavy atom. The van der Waals surface area contributed by atoms with Crippen molar-refractivity contribution in [3.05, 3.63) is 35.4 Å². The normalized spacial score (nSPS) is 10.4. The first-order valence-corrected chi connectivity index (χ1v) is 6.79. The molecule has 0 aromatic heterocycles. The molecule has 3 heteroatoms. The minimum atomic E-state index is 0.218. The number of carbonyl (C=O) groups is 1. The third-order valence-corrected chi connectivity index (χ3v) is 3.14. The average molecular weight is 284 g/mol. The van der Waals surface area contributed by atoms with Crippen molar-refractivity contribution in [2.24, 2.45) is 5.73 Å². The van der Waals surface area contributed by atoms with Gasteiger partial charge in [-0.1, -0.05) is 46.6 Å². The Kier molecular flexibility index (Phi) is 6.34. The third kappa shape index (κ3) is 4.06. The molecule has 16 heavy (non-hydrogen) atoms. The lowest BCUT2D eigenvalue weighted by molar-refractivity contribution is 0.0978. The summed E-state index contributed by atoms with van der Waals surface area (Å²) < 4.78 is 0. The van der Waals surface area contributed by atoms with Crippen molar-refractivity contribution in [3.63, 3.8) is 0 Å². The summed E-state index contributed by atoms with van der Waals surface area (Å²) in [5.74, 6) is 0.218. The minimum Gasteiger partial charge on any atom is -0.326 e. The second kappa shape index (κ2) is 7.58. The molecule has 1 rings (SSSR count). The van der Waals surface area contributed by atoms with Crippen molar-refractivity contribution in [1.29, 1.82) is 0 Å². The van der Waals surface area contributed by atoms with Crippen LogP contribution < -0.4 is 5.73 Å². The number of carbonyl (C=O) groups excluding carboxylic acids is 1. The Morgan fingerprint density at radius 1 is 1.19 bits per heavy atom. The van der Waals surface area contributed by atoms with Crippen LogP contribution in [0.4, 0.5) is 0 Å². The molecule has 0 unspecified atom stereocenters. The van der Waals surface area contributed by atoms with Gasteiger partial charge in [0.05, 0.1) is 0 Å². The molecule has 0 spiro atoms. The topological polar surface area (TPSA) is 43.1 Å². The molecule has 0 bridgehead atoms. The lowest BCUT2D eigenvalue weighted by Gasteiger charge is -2.06. The summed E-state index contributed by atoms with van der Waals surface area (Å²) in [7, 11) is 0. The van der Waals surface area contributed by atoms with Crippen LogP contribution in [0.15, 0.2) is 24.3 Å². The fourth-order valence-electron chi connectivity index (χ4n) is 1.66. The van der Waals surface area contributed by atoms with E-state index in [1.54, 1.807) is 0 Å². The van der Waals surface area contributed by atoms with Gasteiger partial charge in [-0.15, -0.1) is 0 Å². The predicted octanol–water partition coefficient (Wildman–Crippen LogP) is 3.28. The van der Waals surface area contributed by atoms with E-state index in [0.29, 0.717) is 13.0 Å². The predicted molar refractivity (Wildman–Crippen MR) is 70.9 cm³/mol. The van der Waals surface area contributed by atoms with Crippen LogP contribution in [0.3, 0.4) is 0 Å². The van der Waals surface area contributed by atoms with Gasteiger partial charge in [0, 0.05) is 23.9 Å².